The van der Waals surface area contributed by atoms with Crippen LogP contribution in [0.5, 0.6) is 11.5 Å². The lowest BCUT2D eigenvalue weighted by molar-refractivity contribution is -0.384. The summed E-state index contributed by atoms with van der Waals surface area (Å²) in [6, 6.07) is 8.42. The number of hydrazone groups is 1. The Morgan fingerprint density at radius 3 is 2.50 bits per heavy atom. The van der Waals surface area contributed by atoms with Gasteiger partial charge in [-0.05, 0) is 25.1 Å². The van der Waals surface area contributed by atoms with E-state index >= 15 is 0 Å². The zero-order valence-electron chi connectivity index (χ0n) is 16.4. The number of methoxy groups -OCH3 is 2. The Hall–Kier alpha value is -3.66. The van der Waals surface area contributed by atoms with E-state index in [-0.39, 0.29) is 28.6 Å². The monoisotopic (exact) mass is 434 g/mol. The van der Waals surface area contributed by atoms with Gasteiger partial charge < -0.3 is 14.8 Å². The van der Waals surface area contributed by atoms with Crippen molar-refractivity contribution in [2.24, 2.45) is 5.10 Å². The first-order chi connectivity index (χ1) is 14.2. The average molecular weight is 435 g/mol. The first-order valence-corrected chi connectivity index (χ1v) is 8.92. The van der Waals surface area contributed by atoms with Crippen LogP contribution in [0.15, 0.2) is 41.5 Å². The van der Waals surface area contributed by atoms with Gasteiger partial charge in [0, 0.05) is 23.9 Å². The standard InChI is InChI=1S/C19H19ClN4O6/c1-11(8-18(25)21-16-10-13(29-2)5-7-17(16)30-3)22-23-19(26)14-6-4-12(24(27)28)9-15(14)20/h4-7,9-10H,8H2,1-3H3,(H,21,25)(H,23,26). The van der Waals surface area contributed by atoms with Gasteiger partial charge in [-0.1, -0.05) is 11.6 Å². The molecule has 0 atom stereocenters. The first-order valence-electron chi connectivity index (χ1n) is 8.54. The number of halogens is 1. The molecule has 0 aromatic heterocycles. The number of nitrogens with one attached hydrogen (secondary N) is 2. The van der Waals surface area contributed by atoms with Gasteiger partial charge in [0.15, 0.2) is 0 Å². The normalized spacial score (nSPS) is 10.9. The van der Waals surface area contributed by atoms with Crippen LogP contribution in [0.2, 0.25) is 5.02 Å². The topological polar surface area (TPSA) is 132 Å². The highest BCUT2D eigenvalue weighted by Crippen LogP contribution is 2.29. The molecule has 0 radical (unpaired) electrons. The second-order valence-corrected chi connectivity index (χ2v) is 6.41. The van der Waals surface area contributed by atoms with E-state index in [1.807, 2.05) is 0 Å². The molecule has 158 valence electrons. The molecule has 10 nitrogen and oxygen atoms in total. The van der Waals surface area contributed by atoms with Gasteiger partial charge in [0.2, 0.25) is 5.91 Å². The zero-order chi connectivity index (χ0) is 22.3. The molecule has 2 aromatic carbocycles. The number of non-ortho nitro benzene ring substituents is 1. The Kier molecular flexibility index (Phi) is 7.70. The Labute approximate surface area is 177 Å². The first kappa shape index (κ1) is 22.6. The summed E-state index contributed by atoms with van der Waals surface area (Å²) in [4.78, 5) is 34.6. The minimum Gasteiger partial charge on any atom is -0.497 e. The number of ether oxygens (including phenoxy) is 2. The lowest BCUT2D eigenvalue weighted by Crippen LogP contribution is -2.22. The molecular formula is C19H19ClN4O6. The quantitative estimate of drug-likeness (QED) is 0.371. The van der Waals surface area contributed by atoms with Crippen molar-refractivity contribution < 1.29 is 24.0 Å². The van der Waals surface area contributed by atoms with E-state index in [2.05, 4.69) is 15.8 Å². The minimum atomic E-state index is -0.663. The summed E-state index contributed by atoms with van der Waals surface area (Å²) in [5.74, 6) is -0.0434. The molecular weight excluding hydrogens is 416 g/mol. The van der Waals surface area contributed by atoms with Crippen LogP contribution in [0.3, 0.4) is 0 Å². The van der Waals surface area contributed by atoms with Gasteiger partial charge in [-0.15, -0.1) is 0 Å². The van der Waals surface area contributed by atoms with Crippen LogP contribution >= 0.6 is 11.6 Å². The number of anilines is 1. The fraction of sp³-hybridized carbons (Fsp3) is 0.211. The molecule has 0 aliphatic heterocycles. The van der Waals surface area contributed by atoms with Crippen molar-refractivity contribution in [2.75, 3.05) is 19.5 Å². The third-order valence-corrected chi connectivity index (χ3v) is 4.17. The molecule has 11 heteroatoms. The smallest absolute Gasteiger partial charge is 0.272 e. The van der Waals surface area contributed by atoms with Gasteiger partial charge in [0.1, 0.15) is 11.5 Å². The number of hydrogen-bond acceptors (Lipinski definition) is 7. The molecule has 2 aromatic rings. The molecule has 0 saturated carbocycles. The highest BCUT2D eigenvalue weighted by Gasteiger charge is 2.15. The van der Waals surface area contributed by atoms with Crippen LogP contribution in [0, 0.1) is 10.1 Å². The molecule has 0 saturated heterocycles. The van der Waals surface area contributed by atoms with Crippen molar-refractivity contribution in [2.45, 2.75) is 13.3 Å². The minimum absolute atomic E-state index is 0.0179. The van der Waals surface area contributed by atoms with Crippen LogP contribution in [0.25, 0.3) is 0 Å². The number of hydrogen-bond donors (Lipinski definition) is 2. The molecule has 2 N–H and O–H groups in total. The average Bonchev–Trinajstić information content (AvgIpc) is 2.71. The predicted molar refractivity (Wildman–Crippen MR) is 111 cm³/mol. The maximum absolute atomic E-state index is 12.3. The van der Waals surface area contributed by atoms with Gasteiger partial charge >= 0.3 is 0 Å². The van der Waals surface area contributed by atoms with Crippen LogP contribution in [-0.4, -0.2) is 36.7 Å². The summed E-state index contributed by atoms with van der Waals surface area (Å²) >= 11 is 5.91. The van der Waals surface area contributed by atoms with E-state index in [0.29, 0.717) is 22.9 Å². The summed E-state index contributed by atoms with van der Waals surface area (Å²) in [6.07, 6.45) is -0.103. The highest BCUT2D eigenvalue weighted by molar-refractivity contribution is 6.34. The SMILES string of the molecule is COc1ccc(OC)c(NC(=O)CC(C)=NNC(=O)c2ccc([N+](=O)[O-])cc2Cl)c1. The van der Waals surface area contributed by atoms with Gasteiger partial charge in [0.05, 0.1) is 41.8 Å². The Bertz CT molecular complexity index is 1010. The van der Waals surface area contributed by atoms with Crippen LogP contribution < -0.4 is 20.2 Å². The summed E-state index contributed by atoms with van der Waals surface area (Å²) in [5.41, 5.74) is 2.80. The van der Waals surface area contributed by atoms with Crippen molar-refractivity contribution in [3.8, 4) is 11.5 Å². The maximum Gasteiger partial charge on any atom is 0.272 e. The number of nitro benzene ring substituents is 1. The van der Waals surface area contributed by atoms with Crippen LogP contribution in [0.1, 0.15) is 23.7 Å². The van der Waals surface area contributed by atoms with E-state index in [1.165, 1.54) is 20.3 Å². The molecule has 0 unspecified atom stereocenters. The lowest BCUT2D eigenvalue weighted by atomic mass is 10.2. The third-order valence-electron chi connectivity index (χ3n) is 3.85. The summed E-state index contributed by atoms with van der Waals surface area (Å²) in [6.45, 7) is 1.56. The van der Waals surface area contributed by atoms with Gasteiger partial charge in [-0.2, -0.15) is 5.10 Å². The van der Waals surface area contributed by atoms with Gasteiger partial charge in [-0.3, -0.25) is 19.7 Å². The van der Waals surface area contributed by atoms with E-state index in [1.54, 1.807) is 25.1 Å². The van der Waals surface area contributed by atoms with Crippen molar-refractivity contribution >= 4 is 40.5 Å². The van der Waals surface area contributed by atoms with E-state index in [4.69, 9.17) is 21.1 Å². The molecule has 0 aliphatic rings. The summed E-state index contributed by atoms with van der Waals surface area (Å²) < 4.78 is 10.3. The van der Waals surface area contributed by atoms with Gasteiger partial charge in [-0.25, -0.2) is 5.43 Å². The van der Waals surface area contributed by atoms with Crippen molar-refractivity contribution in [1.29, 1.82) is 0 Å². The van der Waals surface area contributed by atoms with Crippen LogP contribution in [-0.2, 0) is 4.79 Å². The molecule has 0 spiro atoms. The van der Waals surface area contributed by atoms with E-state index < -0.39 is 10.8 Å². The Morgan fingerprint density at radius 2 is 1.90 bits per heavy atom. The van der Waals surface area contributed by atoms with Gasteiger partial charge in [0.25, 0.3) is 11.6 Å². The molecule has 0 bridgehead atoms. The second-order valence-electron chi connectivity index (χ2n) is 6.00. The number of rotatable bonds is 8. The zero-order valence-corrected chi connectivity index (χ0v) is 17.1. The summed E-state index contributed by atoms with van der Waals surface area (Å²) in [7, 11) is 2.98. The second kappa shape index (κ2) is 10.2. The fourth-order valence-electron chi connectivity index (χ4n) is 2.39. The number of nitrogens with zero attached hydrogens (tertiary/aromatic N) is 2. The Morgan fingerprint density at radius 1 is 1.17 bits per heavy atom. The number of carbonyl (C=O) groups is 2. The summed E-state index contributed by atoms with van der Waals surface area (Å²) in [5, 5.41) is 17.2. The van der Waals surface area contributed by atoms with E-state index in [0.717, 1.165) is 12.1 Å². The molecule has 2 rings (SSSR count). The molecule has 0 heterocycles. The predicted octanol–water partition coefficient (Wildman–Crippen LogP) is 3.40. The number of nitro groups is 1. The molecule has 0 fully saturated rings. The molecule has 30 heavy (non-hydrogen) atoms. The fourth-order valence-corrected chi connectivity index (χ4v) is 2.65. The lowest BCUT2D eigenvalue weighted by Gasteiger charge is -2.11. The Balaban J connectivity index is 2.01. The number of benzene rings is 2. The number of amides is 2. The molecule has 0 aliphatic carbocycles. The van der Waals surface area contributed by atoms with Crippen molar-refractivity contribution in [1.82, 2.24) is 5.43 Å². The largest absolute Gasteiger partial charge is 0.497 e. The van der Waals surface area contributed by atoms with Crippen LogP contribution in [0.4, 0.5) is 11.4 Å². The van der Waals surface area contributed by atoms with Crippen molar-refractivity contribution in [3.63, 3.8) is 0 Å². The highest BCUT2D eigenvalue weighted by atomic mass is 35.5. The number of carbonyl (C=O) groups excluding carboxylic acids is 2. The van der Waals surface area contributed by atoms with Crippen molar-refractivity contribution in [3.05, 3.63) is 57.1 Å². The maximum atomic E-state index is 12.3. The molecule has 2 amide bonds. The van der Waals surface area contributed by atoms with E-state index in [9.17, 15) is 19.7 Å². The third kappa shape index (κ3) is 5.92.